The molecular weight excluding hydrogens is 236 g/mol. The molecule has 1 heterocycles. The van der Waals surface area contributed by atoms with Gasteiger partial charge in [-0.1, -0.05) is 18.6 Å². The molecule has 0 aromatic carbocycles. The van der Waals surface area contributed by atoms with E-state index >= 15 is 0 Å². The van der Waals surface area contributed by atoms with Gasteiger partial charge in [0.25, 0.3) is 0 Å². The van der Waals surface area contributed by atoms with Gasteiger partial charge in [0.05, 0.1) is 17.9 Å². The fourth-order valence-corrected chi connectivity index (χ4v) is 4.28. The number of hydrogen-bond donors (Lipinski definition) is 1. The first kappa shape index (κ1) is 13.1. The second kappa shape index (κ2) is 5.61. The van der Waals surface area contributed by atoms with Gasteiger partial charge < -0.3 is 5.32 Å². The SMILES string of the molecule is CCCn1nncc1C(CC1CC2CCC1C2)NC. The van der Waals surface area contributed by atoms with E-state index < -0.39 is 0 Å². The summed E-state index contributed by atoms with van der Waals surface area (Å²) in [7, 11) is 2.07. The number of aromatic nitrogens is 3. The van der Waals surface area contributed by atoms with Gasteiger partial charge in [-0.05, 0) is 56.9 Å². The highest BCUT2D eigenvalue weighted by atomic mass is 15.4. The van der Waals surface area contributed by atoms with Crippen LogP contribution in [0.25, 0.3) is 0 Å². The van der Waals surface area contributed by atoms with Crippen LogP contribution in [0.3, 0.4) is 0 Å². The van der Waals surface area contributed by atoms with Crippen LogP contribution in [-0.4, -0.2) is 22.0 Å². The molecule has 106 valence electrons. The average Bonchev–Trinajstić information content (AvgIpc) is 3.12. The van der Waals surface area contributed by atoms with Crippen molar-refractivity contribution in [1.29, 1.82) is 0 Å². The standard InChI is InChI=1S/C15H26N4/c1-3-6-19-15(10-17-18-19)14(16-2)9-13-8-11-4-5-12(13)7-11/h10-14,16H,3-9H2,1-2H3. The summed E-state index contributed by atoms with van der Waals surface area (Å²) < 4.78 is 2.08. The van der Waals surface area contributed by atoms with Gasteiger partial charge in [-0.15, -0.1) is 5.10 Å². The van der Waals surface area contributed by atoms with Crippen LogP contribution in [-0.2, 0) is 6.54 Å². The van der Waals surface area contributed by atoms with Crippen LogP contribution in [0.4, 0.5) is 0 Å². The number of rotatable bonds is 6. The average molecular weight is 262 g/mol. The van der Waals surface area contributed by atoms with E-state index in [9.17, 15) is 0 Å². The maximum absolute atomic E-state index is 4.22. The Hall–Kier alpha value is -0.900. The topological polar surface area (TPSA) is 42.7 Å². The molecule has 4 nitrogen and oxygen atoms in total. The third kappa shape index (κ3) is 2.55. The number of fused-ring (bicyclic) bond motifs is 2. The Kier molecular flexibility index (Phi) is 3.87. The molecule has 2 aliphatic rings. The minimum atomic E-state index is 0.422. The van der Waals surface area contributed by atoms with Crippen molar-refractivity contribution in [2.45, 2.75) is 58.0 Å². The van der Waals surface area contributed by atoms with Crippen molar-refractivity contribution in [2.75, 3.05) is 7.05 Å². The molecule has 4 atom stereocenters. The molecule has 0 aliphatic heterocycles. The molecule has 1 aromatic heterocycles. The lowest BCUT2D eigenvalue weighted by Crippen LogP contribution is -2.25. The summed E-state index contributed by atoms with van der Waals surface area (Å²) in [5, 5.41) is 11.8. The molecule has 2 saturated carbocycles. The third-order valence-electron chi connectivity index (χ3n) is 5.21. The number of nitrogens with one attached hydrogen (secondary N) is 1. The fraction of sp³-hybridized carbons (Fsp3) is 0.867. The van der Waals surface area contributed by atoms with E-state index in [0.29, 0.717) is 6.04 Å². The Labute approximate surface area is 116 Å². The lowest BCUT2D eigenvalue weighted by atomic mass is 9.83. The zero-order valence-electron chi connectivity index (χ0n) is 12.2. The molecule has 4 heteroatoms. The van der Waals surface area contributed by atoms with Gasteiger partial charge in [0, 0.05) is 6.54 Å². The Balaban J connectivity index is 1.68. The fourth-order valence-electron chi connectivity index (χ4n) is 4.28. The first-order valence-corrected chi connectivity index (χ1v) is 7.87. The van der Waals surface area contributed by atoms with Gasteiger partial charge >= 0.3 is 0 Å². The molecule has 2 fully saturated rings. The van der Waals surface area contributed by atoms with E-state index in [0.717, 1.165) is 30.7 Å². The Morgan fingerprint density at radius 1 is 1.42 bits per heavy atom. The molecule has 0 saturated heterocycles. The molecule has 1 N–H and O–H groups in total. The molecular formula is C15H26N4. The second-order valence-corrected chi connectivity index (χ2v) is 6.39. The monoisotopic (exact) mass is 262 g/mol. The van der Waals surface area contributed by atoms with Crippen LogP contribution in [0.5, 0.6) is 0 Å². The molecule has 0 radical (unpaired) electrons. The van der Waals surface area contributed by atoms with Gasteiger partial charge in [0.2, 0.25) is 0 Å². The van der Waals surface area contributed by atoms with E-state index in [2.05, 4.69) is 34.3 Å². The summed E-state index contributed by atoms with van der Waals surface area (Å²) in [6.07, 6.45) is 10.2. The van der Waals surface area contributed by atoms with E-state index in [4.69, 9.17) is 0 Å². The summed E-state index contributed by atoms with van der Waals surface area (Å²) in [6.45, 7) is 3.17. The van der Waals surface area contributed by atoms with Crippen molar-refractivity contribution in [3.05, 3.63) is 11.9 Å². The smallest absolute Gasteiger partial charge is 0.0756 e. The number of hydrogen-bond acceptors (Lipinski definition) is 3. The zero-order valence-corrected chi connectivity index (χ0v) is 12.2. The molecule has 0 spiro atoms. The molecule has 0 amide bonds. The van der Waals surface area contributed by atoms with Gasteiger partial charge in [-0.3, -0.25) is 0 Å². The van der Waals surface area contributed by atoms with Crippen molar-refractivity contribution >= 4 is 0 Å². The van der Waals surface area contributed by atoms with Crippen molar-refractivity contribution in [1.82, 2.24) is 20.3 Å². The molecule has 19 heavy (non-hydrogen) atoms. The van der Waals surface area contributed by atoms with Crippen LogP contribution in [0, 0.1) is 17.8 Å². The summed E-state index contributed by atoms with van der Waals surface area (Å²) in [6, 6.07) is 0.422. The normalized spacial score (nSPS) is 30.9. The first-order chi connectivity index (χ1) is 9.31. The third-order valence-corrected chi connectivity index (χ3v) is 5.21. The maximum atomic E-state index is 4.22. The first-order valence-electron chi connectivity index (χ1n) is 7.87. The van der Waals surface area contributed by atoms with Gasteiger partial charge in [0.15, 0.2) is 0 Å². The minimum Gasteiger partial charge on any atom is -0.312 e. The van der Waals surface area contributed by atoms with Crippen molar-refractivity contribution < 1.29 is 0 Å². The summed E-state index contributed by atoms with van der Waals surface area (Å²) in [5.41, 5.74) is 1.27. The number of aryl methyl sites for hydroxylation is 1. The van der Waals surface area contributed by atoms with E-state index in [-0.39, 0.29) is 0 Å². The lowest BCUT2D eigenvalue weighted by molar-refractivity contribution is 0.278. The van der Waals surface area contributed by atoms with Crippen LogP contribution >= 0.6 is 0 Å². The number of nitrogens with zero attached hydrogens (tertiary/aromatic N) is 3. The Morgan fingerprint density at radius 3 is 2.95 bits per heavy atom. The van der Waals surface area contributed by atoms with E-state index in [1.54, 1.807) is 0 Å². The molecule has 4 unspecified atom stereocenters. The minimum absolute atomic E-state index is 0.422. The Morgan fingerprint density at radius 2 is 2.32 bits per heavy atom. The molecule has 2 aliphatic carbocycles. The van der Waals surface area contributed by atoms with Crippen LogP contribution in [0.15, 0.2) is 6.20 Å². The maximum Gasteiger partial charge on any atom is 0.0756 e. The highest BCUT2D eigenvalue weighted by molar-refractivity contribution is 5.04. The highest BCUT2D eigenvalue weighted by Gasteiger charge is 2.40. The highest BCUT2D eigenvalue weighted by Crippen LogP contribution is 2.50. The zero-order chi connectivity index (χ0) is 13.2. The van der Waals surface area contributed by atoms with Crippen molar-refractivity contribution in [2.24, 2.45) is 17.8 Å². The van der Waals surface area contributed by atoms with E-state index in [1.807, 2.05) is 6.20 Å². The van der Waals surface area contributed by atoms with E-state index in [1.165, 1.54) is 37.8 Å². The van der Waals surface area contributed by atoms with Crippen LogP contribution in [0.1, 0.15) is 57.2 Å². The summed E-state index contributed by atoms with van der Waals surface area (Å²) >= 11 is 0. The van der Waals surface area contributed by atoms with Gasteiger partial charge in [0.1, 0.15) is 0 Å². The van der Waals surface area contributed by atoms with Gasteiger partial charge in [-0.25, -0.2) is 4.68 Å². The molecule has 3 rings (SSSR count). The van der Waals surface area contributed by atoms with Gasteiger partial charge in [-0.2, -0.15) is 0 Å². The van der Waals surface area contributed by atoms with Crippen LogP contribution < -0.4 is 5.32 Å². The summed E-state index contributed by atoms with van der Waals surface area (Å²) in [4.78, 5) is 0. The molecule has 2 bridgehead atoms. The Bertz CT molecular complexity index is 414. The van der Waals surface area contributed by atoms with Crippen molar-refractivity contribution in [3.63, 3.8) is 0 Å². The second-order valence-electron chi connectivity index (χ2n) is 6.39. The van der Waals surface area contributed by atoms with Crippen LogP contribution in [0.2, 0.25) is 0 Å². The summed E-state index contributed by atoms with van der Waals surface area (Å²) in [5.74, 6) is 2.95. The molecule has 1 aromatic rings. The predicted octanol–water partition coefficient (Wildman–Crippen LogP) is 2.77. The predicted molar refractivity (Wildman–Crippen MR) is 75.7 cm³/mol. The lowest BCUT2D eigenvalue weighted by Gasteiger charge is -2.26. The van der Waals surface area contributed by atoms with Crippen molar-refractivity contribution in [3.8, 4) is 0 Å². The largest absolute Gasteiger partial charge is 0.312 e. The quantitative estimate of drug-likeness (QED) is 0.857.